The Morgan fingerprint density at radius 3 is 2.75 bits per heavy atom. The van der Waals surface area contributed by atoms with Gasteiger partial charge in [0.25, 0.3) is 0 Å². The molecule has 1 unspecified atom stereocenters. The molecule has 0 rings (SSSR count). The third kappa shape index (κ3) is 8.66. The number of aliphatic hydroxyl groups excluding tert-OH is 1. The molecular formula is C12H24N2O2. The Balaban J connectivity index is 3.57. The fraction of sp³-hybridized carbons (Fsp3) is 0.917. The number of aliphatic hydroxyl groups is 1. The molecule has 0 aliphatic carbocycles. The van der Waals surface area contributed by atoms with E-state index >= 15 is 0 Å². The highest BCUT2D eigenvalue weighted by atomic mass is 16.5. The van der Waals surface area contributed by atoms with Gasteiger partial charge in [-0.15, -0.1) is 0 Å². The van der Waals surface area contributed by atoms with Gasteiger partial charge in [-0.1, -0.05) is 20.3 Å². The number of hydrogen-bond donors (Lipinski definition) is 1. The molecule has 94 valence electrons. The molecule has 0 spiro atoms. The molecule has 0 saturated heterocycles. The summed E-state index contributed by atoms with van der Waals surface area (Å²) in [6.07, 6.45) is 2.21. The molecule has 0 amide bonds. The smallest absolute Gasteiger partial charge is 0.0900 e. The van der Waals surface area contributed by atoms with Gasteiger partial charge in [0.1, 0.15) is 0 Å². The Kier molecular flexibility index (Phi) is 10.4. The molecule has 1 N–H and O–H groups in total. The van der Waals surface area contributed by atoms with Crippen molar-refractivity contribution in [2.24, 2.45) is 0 Å². The highest BCUT2D eigenvalue weighted by Crippen LogP contribution is 1.96. The highest BCUT2D eigenvalue weighted by molar-refractivity contribution is 4.73. The van der Waals surface area contributed by atoms with Gasteiger partial charge >= 0.3 is 0 Å². The molecule has 0 saturated carbocycles. The molecule has 0 radical (unpaired) electrons. The van der Waals surface area contributed by atoms with Crippen molar-refractivity contribution in [3.05, 3.63) is 0 Å². The van der Waals surface area contributed by atoms with Crippen molar-refractivity contribution in [2.75, 3.05) is 32.8 Å². The van der Waals surface area contributed by atoms with Crippen LogP contribution in [0.3, 0.4) is 0 Å². The predicted octanol–water partition coefficient (Wildman–Crippen LogP) is 1.40. The molecule has 0 bridgehead atoms. The summed E-state index contributed by atoms with van der Waals surface area (Å²) >= 11 is 0. The number of ether oxygens (including phenoxy) is 1. The largest absolute Gasteiger partial charge is 0.389 e. The van der Waals surface area contributed by atoms with Gasteiger partial charge in [0, 0.05) is 26.1 Å². The van der Waals surface area contributed by atoms with E-state index in [1.807, 2.05) is 6.92 Å². The second-order valence-electron chi connectivity index (χ2n) is 3.88. The third-order valence-corrected chi connectivity index (χ3v) is 2.41. The number of nitriles is 1. The van der Waals surface area contributed by atoms with E-state index in [1.165, 1.54) is 0 Å². The zero-order chi connectivity index (χ0) is 12.2. The monoisotopic (exact) mass is 228 g/mol. The summed E-state index contributed by atoms with van der Waals surface area (Å²) in [7, 11) is 0. The van der Waals surface area contributed by atoms with Gasteiger partial charge in [0.05, 0.1) is 18.8 Å². The van der Waals surface area contributed by atoms with Gasteiger partial charge in [-0.25, -0.2) is 0 Å². The van der Waals surface area contributed by atoms with Gasteiger partial charge in [-0.3, -0.25) is 4.90 Å². The minimum atomic E-state index is -0.449. The van der Waals surface area contributed by atoms with E-state index in [2.05, 4.69) is 17.9 Å². The van der Waals surface area contributed by atoms with Gasteiger partial charge in [0.15, 0.2) is 0 Å². The van der Waals surface area contributed by atoms with Crippen LogP contribution in [0.15, 0.2) is 0 Å². The third-order valence-electron chi connectivity index (χ3n) is 2.41. The van der Waals surface area contributed by atoms with E-state index in [0.29, 0.717) is 19.6 Å². The van der Waals surface area contributed by atoms with Crippen molar-refractivity contribution in [3.63, 3.8) is 0 Å². The predicted molar refractivity (Wildman–Crippen MR) is 64.1 cm³/mol. The molecule has 0 fully saturated rings. The summed E-state index contributed by atoms with van der Waals surface area (Å²) < 4.78 is 5.34. The first-order valence-corrected chi connectivity index (χ1v) is 6.09. The van der Waals surface area contributed by atoms with Crippen LogP contribution < -0.4 is 0 Å². The van der Waals surface area contributed by atoms with Crippen molar-refractivity contribution in [2.45, 2.75) is 39.2 Å². The van der Waals surface area contributed by atoms with Crippen LogP contribution >= 0.6 is 0 Å². The van der Waals surface area contributed by atoms with Crippen LogP contribution in [0, 0.1) is 11.3 Å². The van der Waals surface area contributed by atoms with Gasteiger partial charge < -0.3 is 9.84 Å². The second-order valence-corrected chi connectivity index (χ2v) is 3.88. The molecule has 0 aliphatic heterocycles. The van der Waals surface area contributed by atoms with Crippen LogP contribution in [0.5, 0.6) is 0 Å². The van der Waals surface area contributed by atoms with Crippen LogP contribution in [-0.2, 0) is 4.74 Å². The molecule has 4 heteroatoms. The van der Waals surface area contributed by atoms with Crippen LogP contribution in [0.4, 0.5) is 0 Å². The Morgan fingerprint density at radius 2 is 2.19 bits per heavy atom. The normalized spacial score (nSPS) is 12.7. The lowest BCUT2D eigenvalue weighted by molar-refractivity contribution is 0.0170. The summed E-state index contributed by atoms with van der Waals surface area (Å²) in [5, 5.41) is 18.2. The summed E-state index contributed by atoms with van der Waals surface area (Å²) in [6, 6.07) is 2.11. The SMILES string of the molecule is CCCCOCC(O)CN(CC)CCC#N. The van der Waals surface area contributed by atoms with Crippen molar-refractivity contribution in [1.82, 2.24) is 4.90 Å². The topological polar surface area (TPSA) is 56.5 Å². The molecule has 0 heterocycles. The molecule has 0 aromatic rings. The average molecular weight is 228 g/mol. The summed E-state index contributed by atoms with van der Waals surface area (Å²) in [6.45, 7) is 7.42. The quantitative estimate of drug-likeness (QED) is 0.574. The maximum absolute atomic E-state index is 9.70. The van der Waals surface area contributed by atoms with Crippen LogP contribution in [0.25, 0.3) is 0 Å². The minimum Gasteiger partial charge on any atom is -0.389 e. The number of unbranched alkanes of at least 4 members (excludes halogenated alkanes) is 1. The Bertz CT molecular complexity index is 192. The molecule has 0 aliphatic rings. The standard InChI is InChI=1S/C12H24N2O2/c1-3-5-9-16-11-12(15)10-14(4-2)8-6-7-13/h12,15H,3-6,8-11H2,1-2H3. The zero-order valence-electron chi connectivity index (χ0n) is 10.5. The number of hydrogen-bond acceptors (Lipinski definition) is 4. The molecular weight excluding hydrogens is 204 g/mol. The van der Waals surface area contributed by atoms with Crippen LogP contribution in [0.1, 0.15) is 33.1 Å². The minimum absolute atomic E-state index is 0.392. The van der Waals surface area contributed by atoms with Crippen molar-refractivity contribution in [1.29, 1.82) is 5.26 Å². The number of rotatable bonds is 10. The van der Waals surface area contributed by atoms with E-state index in [9.17, 15) is 5.11 Å². The number of nitrogens with zero attached hydrogens (tertiary/aromatic N) is 2. The molecule has 0 aromatic carbocycles. The lowest BCUT2D eigenvalue weighted by Gasteiger charge is -2.22. The maximum Gasteiger partial charge on any atom is 0.0900 e. The lowest BCUT2D eigenvalue weighted by atomic mass is 10.3. The Morgan fingerprint density at radius 1 is 1.44 bits per heavy atom. The first-order valence-electron chi connectivity index (χ1n) is 6.09. The van der Waals surface area contributed by atoms with Crippen molar-refractivity contribution >= 4 is 0 Å². The summed E-state index contributed by atoms with van der Waals surface area (Å²) in [4.78, 5) is 2.07. The fourth-order valence-electron chi connectivity index (χ4n) is 1.40. The first-order chi connectivity index (χ1) is 7.74. The maximum atomic E-state index is 9.70. The first kappa shape index (κ1) is 15.4. The molecule has 1 atom stereocenters. The lowest BCUT2D eigenvalue weighted by Crippen LogP contribution is -2.35. The molecule has 16 heavy (non-hydrogen) atoms. The summed E-state index contributed by atoms with van der Waals surface area (Å²) in [5.74, 6) is 0. The van der Waals surface area contributed by atoms with Crippen LogP contribution in [-0.4, -0.2) is 49.0 Å². The Labute approximate surface area is 98.8 Å². The van der Waals surface area contributed by atoms with Crippen molar-refractivity contribution < 1.29 is 9.84 Å². The second kappa shape index (κ2) is 10.9. The fourth-order valence-corrected chi connectivity index (χ4v) is 1.40. The summed E-state index contributed by atoms with van der Waals surface area (Å²) in [5.41, 5.74) is 0. The van der Waals surface area contributed by atoms with Gasteiger partial charge in [-0.05, 0) is 13.0 Å². The number of likely N-dealkylation sites (N-methyl/N-ethyl adjacent to an activating group) is 1. The molecule has 0 aromatic heterocycles. The van der Waals surface area contributed by atoms with Crippen LogP contribution in [0.2, 0.25) is 0 Å². The highest BCUT2D eigenvalue weighted by Gasteiger charge is 2.09. The Hall–Kier alpha value is -0.630. The van der Waals surface area contributed by atoms with E-state index in [1.54, 1.807) is 0 Å². The van der Waals surface area contributed by atoms with E-state index in [4.69, 9.17) is 10.00 Å². The van der Waals surface area contributed by atoms with Crippen molar-refractivity contribution in [3.8, 4) is 6.07 Å². The zero-order valence-corrected chi connectivity index (χ0v) is 10.5. The van der Waals surface area contributed by atoms with Gasteiger partial charge in [0.2, 0.25) is 0 Å². The average Bonchev–Trinajstić information content (AvgIpc) is 2.30. The van der Waals surface area contributed by atoms with E-state index < -0.39 is 6.10 Å². The van der Waals surface area contributed by atoms with E-state index in [0.717, 1.165) is 32.5 Å². The van der Waals surface area contributed by atoms with Gasteiger partial charge in [-0.2, -0.15) is 5.26 Å². The molecule has 4 nitrogen and oxygen atoms in total. The van der Waals surface area contributed by atoms with E-state index in [-0.39, 0.29) is 0 Å².